The number of hydrogen-bond acceptors (Lipinski definition) is 2. The minimum Gasteiger partial charge on any atom is -0.250 e. The number of nitrogens with one attached hydrogen (secondary N) is 1. The summed E-state index contributed by atoms with van der Waals surface area (Å²) in [6.45, 7) is 4.00. The van der Waals surface area contributed by atoms with Crippen molar-refractivity contribution in [3.8, 4) is 0 Å². The fraction of sp³-hybridized carbons (Fsp3) is 0.500. The molecule has 0 aromatic heterocycles. The first-order chi connectivity index (χ1) is 9.20. The maximum atomic E-state index is 13.4. The quantitative estimate of drug-likeness (QED) is 0.401. The zero-order chi connectivity index (χ0) is 14.3. The molecule has 1 fully saturated rings. The molecule has 0 unspecified atom stereocenters. The second-order valence-corrected chi connectivity index (χ2v) is 5.10. The summed E-state index contributed by atoms with van der Waals surface area (Å²) in [5, 5.41) is 4.40. The Morgan fingerprint density at radius 2 is 1.95 bits per heavy atom. The lowest BCUT2D eigenvalue weighted by atomic mass is 9.83. The predicted octanol–water partition coefficient (Wildman–Crippen LogP) is 5.46. The van der Waals surface area contributed by atoms with Crippen LogP contribution in [0.3, 0.4) is 0 Å². The molecule has 2 nitrogen and oxygen atoms in total. The average molecular weight is 397 g/mol. The maximum Gasteiger partial charge on any atom is 0.142 e. The molecule has 1 saturated carbocycles. The second kappa shape index (κ2) is 8.74. The number of hydrazone groups is 1. The number of nitrogens with zero attached hydrogens (tertiary/aromatic N) is 1. The van der Waals surface area contributed by atoms with Gasteiger partial charge >= 0.3 is 0 Å². The highest BCUT2D eigenvalue weighted by atomic mass is 127. The summed E-state index contributed by atoms with van der Waals surface area (Å²) in [6.07, 6.45) is 4.01. The Labute approximate surface area is 133 Å². The van der Waals surface area contributed by atoms with E-state index in [1.54, 1.807) is 12.1 Å². The summed E-state index contributed by atoms with van der Waals surface area (Å²) in [5.41, 5.74) is 2.25. The van der Waals surface area contributed by atoms with Gasteiger partial charge in [-0.25, -0.2) is 8.03 Å². The molecule has 0 amide bonds. The van der Waals surface area contributed by atoms with Crippen LogP contribution in [0, 0.1) is 5.82 Å². The van der Waals surface area contributed by atoms with Gasteiger partial charge in [-0.3, -0.25) is 0 Å². The third-order valence-corrected chi connectivity index (χ3v) is 3.73. The summed E-state index contributed by atoms with van der Waals surface area (Å²) in [5.74, 6) is 0.104. The molecule has 1 aliphatic rings. The van der Waals surface area contributed by atoms with Crippen molar-refractivity contribution in [3.63, 3.8) is 0 Å². The Bertz CT molecular complexity index is 427. The average Bonchev–Trinajstić information content (AvgIpc) is 2.45. The fourth-order valence-corrected chi connectivity index (χ4v) is 2.68. The first-order valence-corrected chi connectivity index (χ1v) is 8.02. The van der Waals surface area contributed by atoms with Crippen LogP contribution in [0.25, 0.3) is 0 Å². The maximum absolute atomic E-state index is 13.4. The minimum absolute atomic E-state index is 0.195. The molecule has 1 aromatic rings. The molecule has 0 saturated heterocycles. The zero-order valence-corrected chi connectivity index (χ0v) is 14.1. The second-order valence-electron chi connectivity index (χ2n) is 4.21. The van der Waals surface area contributed by atoms with E-state index in [1.807, 2.05) is 42.8 Å². The Kier molecular flexibility index (Phi) is 7.68. The first kappa shape index (κ1) is 16.7. The van der Waals surface area contributed by atoms with Gasteiger partial charge in [-0.1, -0.05) is 31.5 Å². The summed E-state index contributed by atoms with van der Waals surface area (Å²) in [4.78, 5) is 0. The van der Waals surface area contributed by atoms with E-state index in [4.69, 9.17) is 11.6 Å². The highest BCUT2D eigenvalue weighted by Gasteiger charge is 2.20. The van der Waals surface area contributed by atoms with Crippen molar-refractivity contribution in [3.05, 3.63) is 34.6 Å². The molecule has 0 spiro atoms. The minimum atomic E-state index is -0.322. The van der Waals surface area contributed by atoms with E-state index in [0.717, 1.165) is 31.2 Å². The summed E-state index contributed by atoms with van der Waals surface area (Å²) in [7, 11) is 0. The van der Waals surface area contributed by atoms with Crippen LogP contribution in [0.15, 0.2) is 23.3 Å². The number of benzene rings is 1. The predicted molar refractivity (Wildman–Crippen MR) is 88.6 cm³/mol. The first-order valence-electron chi connectivity index (χ1n) is 6.56. The summed E-state index contributed by atoms with van der Waals surface area (Å²) < 4.78 is 16.2. The molecule has 2 rings (SSSR count). The Balaban J connectivity index is 0.000000861. The highest BCUT2D eigenvalue weighted by molar-refractivity contribution is 14.1. The van der Waals surface area contributed by atoms with E-state index >= 15 is 0 Å². The third kappa shape index (κ3) is 4.91. The lowest BCUT2D eigenvalue weighted by Gasteiger charge is -2.23. The Morgan fingerprint density at radius 3 is 2.47 bits per heavy atom. The van der Waals surface area contributed by atoms with Gasteiger partial charge < -0.3 is 0 Å². The molecule has 106 valence electrons. The van der Waals surface area contributed by atoms with E-state index in [1.165, 1.54) is 5.71 Å². The van der Waals surface area contributed by atoms with Crippen LogP contribution in [0.1, 0.15) is 51.0 Å². The topological polar surface area (TPSA) is 24.4 Å². The van der Waals surface area contributed by atoms with Gasteiger partial charge in [0.1, 0.15) is 5.82 Å². The van der Waals surface area contributed by atoms with Crippen molar-refractivity contribution >= 4 is 40.2 Å². The standard InChI is InChI=1S/C12H13ClFIN2.C2H6/c13-11-6-3-9(7-12(11)14)8-1-4-10(5-2-8)16-17-15;1-2/h3,6-8,17H,1-2,4-5H2;1-2H3. The number of halogens is 3. The molecular weight excluding hydrogens is 378 g/mol. The van der Waals surface area contributed by atoms with Gasteiger partial charge in [0.2, 0.25) is 0 Å². The van der Waals surface area contributed by atoms with Crippen LogP contribution in [-0.4, -0.2) is 5.71 Å². The van der Waals surface area contributed by atoms with Crippen LogP contribution < -0.4 is 3.64 Å². The molecule has 1 aromatic carbocycles. The van der Waals surface area contributed by atoms with E-state index in [9.17, 15) is 4.39 Å². The van der Waals surface area contributed by atoms with Gasteiger partial charge in [-0.05, 0) is 49.3 Å². The van der Waals surface area contributed by atoms with Crippen molar-refractivity contribution in [1.29, 1.82) is 0 Å². The molecule has 0 heterocycles. The van der Waals surface area contributed by atoms with Crippen LogP contribution in [0.5, 0.6) is 0 Å². The summed E-state index contributed by atoms with van der Waals surface area (Å²) >= 11 is 7.69. The molecule has 5 heteroatoms. The van der Waals surface area contributed by atoms with E-state index < -0.39 is 0 Å². The van der Waals surface area contributed by atoms with E-state index in [0.29, 0.717) is 5.92 Å². The van der Waals surface area contributed by atoms with Crippen molar-refractivity contribution in [2.45, 2.75) is 45.4 Å². The van der Waals surface area contributed by atoms with Gasteiger partial charge in [0.25, 0.3) is 0 Å². The van der Waals surface area contributed by atoms with Gasteiger partial charge in [0, 0.05) is 5.71 Å². The van der Waals surface area contributed by atoms with Crippen LogP contribution in [0.2, 0.25) is 5.02 Å². The van der Waals surface area contributed by atoms with E-state index in [2.05, 4.69) is 8.74 Å². The van der Waals surface area contributed by atoms with Gasteiger partial charge in [0.05, 0.1) is 27.9 Å². The molecule has 0 aliphatic heterocycles. The zero-order valence-electron chi connectivity index (χ0n) is 11.2. The summed E-state index contributed by atoms with van der Waals surface area (Å²) in [6, 6.07) is 5.13. The Hall–Kier alpha value is -0.360. The molecule has 1 N–H and O–H groups in total. The molecule has 19 heavy (non-hydrogen) atoms. The third-order valence-electron chi connectivity index (χ3n) is 3.18. The molecule has 0 atom stereocenters. The van der Waals surface area contributed by atoms with Crippen LogP contribution in [0.4, 0.5) is 4.39 Å². The molecule has 0 bridgehead atoms. The van der Waals surface area contributed by atoms with Gasteiger partial charge in [-0.2, -0.15) is 5.10 Å². The Morgan fingerprint density at radius 1 is 1.32 bits per heavy atom. The van der Waals surface area contributed by atoms with Crippen molar-refractivity contribution < 1.29 is 4.39 Å². The van der Waals surface area contributed by atoms with Crippen LogP contribution >= 0.6 is 34.5 Å². The largest absolute Gasteiger partial charge is 0.250 e. The smallest absolute Gasteiger partial charge is 0.142 e. The number of hydrogen-bond donors (Lipinski definition) is 1. The highest BCUT2D eigenvalue weighted by Crippen LogP contribution is 2.32. The lowest BCUT2D eigenvalue weighted by Crippen LogP contribution is -2.14. The van der Waals surface area contributed by atoms with Crippen molar-refractivity contribution in [2.24, 2.45) is 5.10 Å². The lowest BCUT2D eigenvalue weighted by molar-refractivity contribution is 0.556. The van der Waals surface area contributed by atoms with Crippen molar-refractivity contribution in [1.82, 2.24) is 3.64 Å². The fourth-order valence-electron chi connectivity index (χ4n) is 2.22. The van der Waals surface area contributed by atoms with Crippen LogP contribution in [-0.2, 0) is 0 Å². The van der Waals surface area contributed by atoms with Crippen molar-refractivity contribution in [2.75, 3.05) is 0 Å². The SMILES string of the molecule is CC.Fc1cc(C2CCC(=NNI)CC2)ccc1Cl. The number of rotatable bonds is 2. The molecule has 1 aliphatic carbocycles. The van der Waals surface area contributed by atoms with Gasteiger partial charge in [0.15, 0.2) is 0 Å². The normalized spacial score (nSPS) is 18.4. The molecule has 0 radical (unpaired) electrons. The monoisotopic (exact) mass is 396 g/mol. The van der Waals surface area contributed by atoms with E-state index in [-0.39, 0.29) is 10.8 Å². The van der Waals surface area contributed by atoms with Gasteiger partial charge in [-0.15, -0.1) is 0 Å². The molecular formula is C14H19ClFIN2.